The number of benzene rings is 1. The molecule has 0 spiro atoms. The number of nitrogens with one attached hydrogen (secondary N) is 1. The Labute approximate surface area is 155 Å². The van der Waals surface area contributed by atoms with Crippen LogP contribution in [0.5, 0.6) is 5.75 Å². The van der Waals surface area contributed by atoms with Crippen LogP contribution >= 0.6 is 0 Å². The zero-order chi connectivity index (χ0) is 18.4. The first kappa shape index (κ1) is 18.2. The molecule has 1 aromatic carbocycles. The number of hydrogen-bond donors (Lipinski definition) is 1. The largest absolute Gasteiger partial charge is 0.497 e. The molecule has 138 valence electrons. The number of anilines is 1. The maximum absolute atomic E-state index is 12.5. The number of piperidine rings is 1. The quantitative estimate of drug-likeness (QED) is 0.866. The van der Waals surface area contributed by atoms with Crippen LogP contribution in [0.25, 0.3) is 0 Å². The lowest BCUT2D eigenvalue weighted by Gasteiger charge is -2.31. The Kier molecular flexibility index (Phi) is 6.10. The number of nitrogens with zero attached hydrogens (tertiary/aromatic N) is 2. The van der Waals surface area contributed by atoms with Crippen LogP contribution in [0.1, 0.15) is 35.7 Å². The molecule has 26 heavy (non-hydrogen) atoms. The van der Waals surface area contributed by atoms with Gasteiger partial charge < -0.3 is 15.0 Å². The van der Waals surface area contributed by atoms with Crippen LogP contribution in [-0.2, 0) is 6.42 Å². The minimum absolute atomic E-state index is 0.0541. The van der Waals surface area contributed by atoms with Crippen LogP contribution in [0.2, 0.25) is 0 Å². The zero-order valence-corrected chi connectivity index (χ0v) is 15.6. The number of methoxy groups -OCH3 is 1. The molecule has 5 heteroatoms. The van der Waals surface area contributed by atoms with Crippen molar-refractivity contribution in [3.63, 3.8) is 0 Å². The van der Waals surface area contributed by atoms with Gasteiger partial charge in [-0.1, -0.05) is 19.1 Å². The molecule has 1 atom stereocenters. The monoisotopic (exact) mass is 353 g/mol. The molecule has 1 N–H and O–H groups in total. The Balaban J connectivity index is 1.56. The number of amides is 1. The summed E-state index contributed by atoms with van der Waals surface area (Å²) in [6.07, 6.45) is 4.94. The van der Waals surface area contributed by atoms with Gasteiger partial charge in [-0.05, 0) is 55.0 Å². The lowest BCUT2D eigenvalue weighted by atomic mass is 10.0. The van der Waals surface area contributed by atoms with Gasteiger partial charge in [0.15, 0.2) is 0 Å². The van der Waals surface area contributed by atoms with Crippen molar-refractivity contribution in [3.05, 3.63) is 53.7 Å². The molecule has 2 aromatic rings. The van der Waals surface area contributed by atoms with Crippen LogP contribution in [0, 0.1) is 5.92 Å². The minimum atomic E-state index is -0.0541. The molecule has 3 rings (SSSR count). The summed E-state index contributed by atoms with van der Waals surface area (Å²) < 4.78 is 5.23. The van der Waals surface area contributed by atoms with Crippen molar-refractivity contribution < 1.29 is 9.53 Å². The Hall–Kier alpha value is -2.56. The Morgan fingerprint density at radius 2 is 2.23 bits per heavy atom. The Morgan fingerprint density at radius 3 is 3.04 bits per heavy atom. The summed E-state index contributed by atoms with van der Waals surface area (Å²) in [7, 11) is 1.66. The average molecular weight is 353 g/mol. The van der Waals surface area contributed by atoms with E-state index >= 15 is 0 Å². The summed E-state index contributed by atoms with van der Waals surface area (Å²) in [5.74, 6) is 2.35. The third kappa shape index (κ3) is 4.75. The van der Waals surface area contributed by atoms with E-state index in [1.165, 1.54) is 12.8 Å². The molecule has 5 nitrogen and oxygen atoms in total. The van der Waals surface area contributed by atoms with Gasteiger partial charge in [-0.2, -0.15) is 0 Å². The molecule has 1 saturated heterocycles. The van der Waals surface area contributed by atoms with Crippen molar-refractivity contribution in [2.24, 2.45) is 5.92 Å². The number of aromatic nitrogens is 1. The maximum Gasteiger partial charge on any atom is 0.251 e. The maximum atomic E-state index is 12.5. The van der Waals surface area contributed by atoms with Crippen molar-refractivity contribution in [1.29, 1.82) is 0 Å². The molecule has 1 amide bonds. The summed E-state index contributed by atoms with van der Waals surface area (Å²) in [5.41, 5.74) is 1.81. The highest BCUT2D eigenvalue weighted by molar-refractivity contribution is 5.94. The van der Waals surface area contributed by atoms with Gasteiger partial charge in [-0.3, -0.25) is 4.79 Å². The van der Waals surface area contributed by atoms with E-state index in [4.69, 9.17) is 4.74 Å². The number of hydrogen-bond acceptors (Lipinski definition) is 4. The van der Waals surface area contributed by atoms with Gasteiger partial charge in [-0.15, -0.1) is 0 Å². The van der Waals surface area contributed by atoms with Crippen LogP contribution in [0.3, 0.4) is 0 Å². The van der Waals surface area contributed by atoms with Gasteiger partial charge in [0.05, 0.1) is 7.11 Å². The average Bonchev–Trinajstić information content (AvgIpc) is 2.68. The highest BCUT2D eigenvalue weighted by Gasteiger charge is 2.18. The number of carbonyl (C=O) groups is 1. The van der Waals surface area contributed by atoms with Crippen molar-refractivity contribution in [3.8, 4) is 5.75 Å². The molecule has 0 bridgehead atoms. The fraction of sp³-hybridized carbons (Fsp3) is 0.429. The van der Waals surface area contributed by atoms with Crippen molar-refractivity contribution in [1.82, 2.24) is 10.3 Å². The van der Waals surface area contributed by atoms with E-state index in [0.717, 1.165) is 36.6 Å². The molecule has 1 aliphatic rings. The third-order valence-corrected chi connectivity index (χ3v) is 4.82. The van der Waals surface area contributed by atoms with E-state index < -0.39 is 0 Å². The smallest absolute Gasteiger partial charge is 0.251 e. The zero-order valence-electron chi connectivity index (χ0n) is 15.6. The molecule has 0 radical (unpaired) electrons. The molecular formula is C21H27N3O2. The van der Waals surface area contributed by atoms with Gasteiger partial charge in [-0.25, -0.2) is 4.98 Å². The summed E-state index contributed by atoms with van der Waals surface area (Å²) in [6, 6.07) is 11.6. The van der Waals surface area contributed by atoms with Crippen LogP contribution in [0.15, 0.2) is 42.6 Å². The second-order valence-corrected chi connectivity index (χ2v) is 6.95. The third-order valence-electron chi connectivity index (χ3n) is 4.82. The van der Waals surface area contributed by atoms with Gasteiger partial charge in [0.1, 0.15) is 11.6 Å². The minimum Gasteiger partial charge on any atom is -0.497 e. The SMILES string of the molecule is COc1cccc(CCNC(=O)c2ccnc(N3CCCC(C)C3)c2)c1. The van der Waals surface area contributed by atoms with Crippen LogP contribution < -0.4 is 15.0 Å². The molecule has 0 aliphatic carbocycles. The summed E-state index contributed by atoms with van der Waals surface area (Å²) in [6.45, 7) is 4.87. The first-order valence-electron chi connectivity index (χ1n) is 9.28. The van der Waals surface area contributed by atoms with E-state index in [-0.39, 0.29) is 5.91 Å². The number of ether oxygens (including phenoxy) is 1. The predicted octanol–water partition coefficient (Wildman–Crippen LogP) is 3.30. The molecule has 0 saturated carbocycles. The Morgan fingerprint density at radius 1 is 1.35 bits per heavy atom. The summed E-state index contributed by atoms with van der Waals surface area (Å²) in [5, 5.41) is 3.00. The second kappa shape index (κ2) is 8.70. The van der Waals surface area contributed by atoms with Crippen molar-refractivity contribution in [2.75, 3.05) is 31.6 Å². The lowest BCUT2D eigenvalue weighted by Crippen LogP contribution is -2.35. The lowest BCUT2D eigenvalue weighted by molar-refractivity contribution is 0.0954. The van der Waals surface area contributed by atoms with Crippen molar-refractivity contribution >= 4 is 11.7 Å². The Bertz CT molecular complexity index is 748. The number of pyridine rings is 1. The highest BCUT2D eigenvalue weighted by atomic mass is 16.5. The van der Waals surface area contributed by atoms with Crippen LogP contribution in [0.4, 0.5) is 5.82 Å². The van der Waals surface area contributed by atoms with Gasteiger partial charge >= 0.3 is 0 Å². The first-order valence-corrected chi connectivity index (χ1v) is 9.28. The van der Waals surface area contributed by atoms with Crippen LogP contribution in [-0.4, -0.2) is 37.6 Å². The molecule has 2 heterocycles. The topological polar surface area (TPSA) is 54.5 Å². The fourth-order valence-electron chi connectivity index (χ4n) is 3.38. The molecule has 1 fully saturated rings. The molecular weight excluding hydrogens is 326 g/mol. The number of rotatable bonds is 6. The molecule has 1 aromatic heterocycles. The van der Waals surface area contributed by atoms with E-state index in [0.29, 0.717) is 18.0 Å². The standard InChI is InChI=1S/C21H27N3O2/c1-16-5-4-12-24(15-16)20-14-18(9-11-22-20)21(25)23-10-8-17-6-3-7-19(13-17)26-2/h3,6-7,9,11,13-14,16H,4-5,8,10,12,15H2,1-2H3,(H,23,25). The first-order chi connectivity index (χ1) is 12.7. The summed E-state index contributed by atoms with van der Waals surface area (Å²) in [4.78, 5) is 19.2. The van der Waals surface area contributed by atoms with E-state index in [2.05, 4.69) is 22.1 Å². The highest BCUT2D eigenvalue weighted by Crippen LogP contribution is 2.21. The van der Waals surface area contributed by atoms with E-state index in [1.807, 2.05) is 30.3 Å². The second-order valence-electron chi connectivity index (χ2n) is 6.95. The van der Waals surface area contributed by atoms with Gasteiger partial charge in [0.25, 0.3) is 5.91 Å². The molecule has 1 aliphatic heterocycles. The van der Waals surface area contributed by atoms with Crippen molar-refractivity contribution in [2.45, 2.75) is 26.2 Å². The number of carbonyl (C=O) groups excluding carboxylic acids is 1. The van der Waals surface area contributed by atoms with E-state index in [1.54, 1.807) is 19.4 Å². The summed E-state index contributed by atoms with van der Waals surface area (Å²) >= 11 is 0. The van der Waals surface area contributed by atoms with Gasteiger partial charge in [0, 0.05) is 31.4 Å². The molecule has 1 unspecified atom stereocenters. The predicted molar refractivity (Wildman–Crippen MR) is 104 cm³/mol. The fourth-order valence-corrected chi connectivity index (χ4v) is 3.38. The normalized spacial score (nSPS) is 17.0. The van der Waals surface area contributed by atoms with E-state index in [9.17, 15) is 4.79 Å². The van der Waals surface area contributed by atoms with Gasteiger partial charge in [0.2, 0.25) is 0 Å².